The minimum Gasteiger partial charge on any atom is -0.345 e. The first kappa shape index (κ1) is 19.3. The Morgan fingerprint density at radius 2 is 1.69 bits per heavy atom. The van der Waals surface area contributed by atoms with Crippen molar-refractivity contribution in [2.75, 3.05) is 0 Å². The van der Waals surface area contributed by atoms with E-state index < -0.39 is 0 Å². The molecule has 0 saturated carbocycles. The highest BCUT2D eigenvalue weighted by molar-refractivity contribution is 9.10. The van der Waals surface area contributed by atoms with Crippen LogP contribution in [0.1, 0.15) is 34.5 Å². The second kappa shape index (κ2) is 8.18. The van der Waals surface area contributed by atoms with Gasteiger partial charge in [0.15, 0.2) is 0 Å². The van der Waals surface area contributed by atoms with Crippen LogP contribution in [0.4, 0.5) is 0 Å². The second-order valence-corrected chi connectivity index (χ2v) is 8.10. The van der Waals surface area contributed by atoms with Gasteiger partial charge in [-0.15, -0.1) is 0 Å². The first-order valence-corrected chi connectivity index (χ1v) is 10.3. The van der Waals surface area contributed by atoms with Crippen LogP contribution in [-0.4, -0.2) is 10.9 Å². The van der Waals surface area contributed by atoms with Crippen LogP contribution in [0.25, 0.3) is 22.2 Å². The minimum absolute atomic E-state index is 0.0955. The zero-order chi connectivity index (χ0) is 20.4. The molecule has 0 aliphatic heterocycles. The van der Waals surface area contributed by atoms with E-state index in [1.165, 1.54) is 5.56 Å². The van der Waals surface area contributed by atoms with Gasteiger partial charge in [0.05, 0.1) is 22.8 Å². The highest BCUT2D eigenvalue weighted by Crippen LogP contribution is 2.28. The van der Waals surface area contributed by atoms with Crippen LogP contribution in [-0.2, 0) is 0 Å². The summed E-state index contributed by atoms with van der Waals surface area (Å²) in [7, 11) is 0. The maximum absolute atomic E-state index is 13.2. The zero-order valence-electron chi connectivity index (χ0n) is 16.3. The number of carbonyl (C=O) groups excluding carboxylic acids is 1. The van der Waals surface area contributed by atoms with Gasteiger partial charge in [0, 0.05) is 15.4 Å². The molecule has 4 aromatic rings. The fraction of sp³-hybridized carbons (Fsp3) is 0.120. The van der Waals surface area contributed by atoms with Crippen molar-refractivity contribution in [3.63, 3.8) is 0 Å². The van der Waals surface area contributed by atoms with Crippen molar-refractivity contribution in [3.8, 4) is 11.3 Å². The standard InChI is InChI=1S/C25H21BrN2O/c1-16-8-10-19(11-9-16)24-15-22(21-14-20(26)12-13-23(21)28-24)25(29)27-17(2)18-6-4-3-5-7-18/h3-15,17H,1-2H3,(H,27,29)/t17-/m1/s1. The smallest absolute Gasteiger partial charge is 0.252 e. The van der Waals surface area contributed by atoms with Crippen LogP contribution >= 0.6 is 15.9 Å². The van der Waals surface area contributed by atoms with Gasteiger partial charge in [0.2, 0.25) is 0 Å². The Kier molecular flexibility index (Phi) is 5.45. The maximum Gasteiger partial charge on any atom is 0.252 e. The lowest BCUT2D eigenvalue weighted by Crippen LogP contribution is -2.27. The van der Waals surface area contributed by atoms with Crippen LogP contribution in [0.3, 0.4) is 0 Å². The molecule has 1 aromatic heterocycles. The second-order valence-electron chi connectivity index (χ2n) is 7.19. The summed E-state index contributed by atoms with van der Waals surface area (Å²) in [6, 6.07) is 25.8. The van der Waals surface area contributed by atoms with E-state index in [-0.39, 0.29) is 11.9 Å². The third kappa shape index (κ3) is 4.22. The molecule has 29 heavy (non-hydrogen) atoms. The maximum atomic E-state index is 13.2. The number of nitrogens with one attached hydrogen (secondary N) is 1. The van der Waals surface area contributed by atoms with Crippen LogP contribution in [0.5, 0.6) is 0 Å². The molecule has 1 atom stereocenters. The van der Waals surface area contributed by atoms with E-state index >= 15 is 0 Å². The molecule has 0 unspecified atom stereocenters. The van der Waals surface area contributed by atoms with E-state index in [4.69, 9.17) is 4.98 Å². The van der Waals surface area contributed by atoms with Crippen molar-refractivity contribution in [1.82, 2.24) is 10.3 Å². The summed E-state index contributed by atoms with van der Waals surface area (Å²) >= 11 is 3.52. The average molecular weight is 445 g/mol. The molecule has 1 heterocycles. The summed E-state index contributed by atoms with van der Waals surface area (Å²) in [5.41, 5.74) is 5.45. The Bertz CT molecular complexity index is 1170. The first-order valence-electron chi connectivity index (χ1n) is 9.54. The van der Waals surface area contributed by atoms with Gasteiger partial charge in [0.25, 0.3) is 5.91 Å². The molecule has 0 aliphatic rings. The number of carbonyl (C=O) groups is 1. The number of rotatable bonds is 4. The number of fused-ring (bicyclic) bond motifs is 1. The molecular formula is C25H21BrN2O. The Balaban J connectivity index is 1.77. The summed E-state index contributed by atoms with van der Waals surface area (Å²) in [5.74, 6) is -0.111. The molecule has 4 heteroatoms. The fourth-order valence-corrected chi connectivity index (χ4v) is 3.72. The summed E-state index contributed by atoms with van der Waals surface area (Å²) in [4.78, 5) is 18.0. The third-order valence-corrected chi connectivity index (χ3v) is 5.50. The quantitative estimate of drug-likeness (QED) is 0.392. The average Bonchev–Trinajstić information content (AvgIpc) is 2.74. The Morgan fingerprint density at radius 3 is 2.41 bits per heavy atom. The van der Waals surface area contributed by atoms with Gasteiger partial charge in [-0.05, 0) is 43.7 Å². The Morgan fingerprint density at radius 1 is 0.966 bits per heavy atom. The number of benzene rings is 3. The number of hydrogen-bond donors (Lipinski definition) is 1. The number of nitrogens with zero attached hydrogens (tertiary/aromatic N) is 1. The van der Waals surface area contributed by atoms with Crippen molar-refractivity contribution in [1.29, 1.82) is 0 Å². The molecule has 3 nitrogen and oxygen atoms in total. The lowest BCUT2D eigenvalue weighted by molar-refractivity contribution is 0.0941. The molecule has 4 rings (SSSR count). The lowest BCUT2D eigenvalue weighted by Gasteiger charge is -2.16. The molecule has 0 spiro atoms. The van der Waals surface area contributed by atoms with Gasteiger partial charge in [-0.1, -0.05) is 76.1 Å². The molecule has 3 aromatic carbocycles. The van der Waals surface area contributed by atoms with Gasteiger partial charge in [-0.25, -0.2) is 4.98 Å². The molecule has 1 N–H and O–H groups in total. The van der Waals surface area contributed by atoms with Crippen molar-refractivity contribution < 1.29 is 4.79 Å². The van der Waals surface area contributed by atoms with Gasteiger partial charge in [-0.3, -0.25) is 4.79 Å². The molecule has 0 saturated heterocycles. The van der Waals surface area contributed by atoms with Gasteiger partial charge in [0.1, 0.15) is 0 Å². The molecule has 0 fully saturated rings. The van der Waals surface area contributed by atoms with Crippen LogP contribution < -0.4 is 5.32 Å². The molecule has 1 amide bonds. The summed E-state index contributed by atoms with van der Waals surface area (Å²) in [6.07, 6.45) is 0. The van der Waals surface area contributed by atoms with E-state index in [1.54, 1.807) is 0 Å². The first-order chi connectivity index (χ1) is 14.0. The number of amides is 1. The Hall–Kier alpha value is -2.98. The largest absolute Gasteiger partial charge is 0.345 e. The number of aromatic nitrogens is 1. The van der Waals surface area contributed by atoms with Crippen molar-refractivity contribution in [2.24, 2.45) is 0 Å². The lowest BCUT2D eigenvalue weighted by atomic mass is 10.0. The topological polar surface area (TPSA) is 42.0 Å². The number of hydrogen-bond acceptors (Lipinski definition) is 2. The fourth-order valence-electron chi connectivity index (χ4n) is 3.36. The zero-order valence-corrected chi connectivity index (χ0v) is 17.9. The van der Waals surface area contributed by atoms with Crippen molar-refractivity contribution >= 4 is 32.7 Å². The minimum atomic E-state index is -0.111. The van der Waals surface area contributed by atoms with Crippen LogP contribution in [0.2, 0.25) is 0 Å². The van der Waals surface area contributed by atoms with Crippen molar-refractivity contribution in [2.45, 2.75) is 19.9 Å². The van der Waals surface area contributed by atoms with E-state index in [1.807, 2.05) is 73.7 Å². The molecular weight excluding hydrogens is 424 g/mol. The number of pyridine rings is 1. The van der Waals surface area contributed by atoms with Crippen molar-refractivity contribution in [3.05, 3.63) is 100 Å². The summed E-state index contributed by atoms with van der Waals surface area (Å²) in [6.45, 7) is 4.05. The molecule has 144 valence electrons. The summed E-state index contributed by atoms with van der Waals surface area (Å²) < 4.78 is 0.917. The van der Waals surface area contributed by atoms with E-state index in [0.717, 1.165) is 32.2 Å². The van der Waals surface area contributed by atoms with E-state index in [2.05, 4.69) is 40.3 Å². The third-order valence-electron chi connectivity index (χ3n) is 5.01. The molecule has 0 bridgehead atoms. The number of halogens is 1. The normalized spacial score (nSPS) is 12.0. The monoisotopic (exact) mass is 444 g/mol. The van der Waals surface area contributed by atoms with Gasteiger partial charge >= 0.3 is 0 Å². The summed E-state index contributed by atoms with van der Waals surface area (Å²) in [5, 5.41) is 3.96. The predicted octanol–water partition coefficient (Wildman–Crippen LogP) is 6.46. The van der Waals surface area contributed by atoms with Crippen LogP contribution in [0.15, 0.2) is 83.3 Å². The van der Waals surface area contributed by atoms with E-state index in [0.29, 0.717) is 5.56 Å². The van der Waals surface area contributed by atoms with Gasteiger partial charge < -0.3 is 5.32 Å². The van der Waals surface area contributed by atoms with Gasteiger partial charge in [-0.2, -0.15) is 0 Å². The SMILES string of the molecule is Cc1ccc(-c2cc(C(=O)N[C@H](C)c3ccccc3)c3cc(Br)ccc3n2)cc1. The van der Waals surface area contributed by atoms with Crippen LogP contribution in [0, 0.1) is 6.92 Å². The Labute approximate surface area is 178 Å². The highest BCUT2D eigenvalue weighted by atomic mass is 79.9. The van der Waals surface area contributed by atoms with E-state index in [9.17, 15) is 4.79 Å². The molecule has 0 aliphatic carbocycles. The molecule has 0 radical (unpaired) electrons. The predicted molar refractivity (Wildman–Crippen MR) is 122 cm³/mol. The highest BCUT2D eigenvalue weighted by Gasteiger charge is 2.17. The number of aryl methyl sites for hydroxylation is 1.